The third kappa shape index (κ3) is 5.42. The lowest BCUT2D eigenvalue weighted by molar-refractivity contribution is 0.0923. The van der Waals surface area contributed by atoms with Gasteiger partial charge in [-0.3, -0.25) is 10.1 Å². The number of hydrogen-bond acceptors (Lipinski definition) is 7. The fraction of sp³-hybridized carbons (Fsp3) is 0.273. The van der Waals surface area contributed by atoms with Gasteiger partial charge in [0.25, 0.3) is 0 Å². The first-order valence-electron chi connectivity index (χ1n) is 9.97. The second-order valence-electron chi connectivity index (χ2n) is 7.09. The van der Waals surface area contributed by atoms with Gasteiger partial charge in [-0.05, 0) is 43.2 Å². The molecule has 7 nitrogen and oxygen atoms in total. The van der Waals surface area contributed by atoms with E-state index in [9.17, 15) is 9.59 Å². The Morgan fingerprint density at radius 3 is 2.71 bits per heavy atom. The minimum atomic E-state index is -0.450. The molecular formula is C22H22N4O3S2. The number of urea groups is 1. The van der Waals surface area contributed by atoms with Crippen LogP contribution in [0.3, 0.4) is 0 Å². The third-order valence-corrected chi connectivity index (χ3v) is 6.98. The van der Waals surface area contributed by atoms with Crippen LogP contribution in [0.1, 0.15) is 36.0 Å². The number of Topliss-reactive ketones (excluding diaryl/α,β-unsaturated/α-hetero) is 1. The summed E-state index contributed by atoms with van der Waals surface area (Å²) in [4.78, 5) is 34.1. The summed E-state index contributed by atoms with van der Waals surface area (Å²) in [6.45, 7) is 0. The summed E-state index contributed by atoms with van der Waals surface area (Å²) in [5, 5.41) is 6.86. The molecule has 0 atom stereocenters. The number of benzene rings is 1. The van der Waals surface area contributed by atoms with E-state index in [2.05, 4.69) is 20.6 Å². The van der Waals surface area contributed by atoms with E-state index in [1.54, 1.807) is 37.7 Å². The molecule has 1 aliphatic rings. The van der Waals surface area contributed by atoms with E-state index in [0.29, 0.717) is 22.1 Å². The molecule has 2 aromatic heterocycles. The van der Waals surface area contributed by atoms with Crippen molar-refractivity contribution < 1.29 is 14.3 Å². The highest BCUT2D eigenvalue weighted by Crippen LogP contribution is 2.34. The first kappa shape index (κ1) is 21.3. The molecule has 2 amide bonds. The largest absolute Gasteiger partial charge is 0.497 e. The number of ketones is 1. The zero-order chi connectivity index (χ0) is 21.6. The van der Waals surface area contributed by atoms with Gasteiger partial charge in [0.2, 0.25) is 0 Å². The van der Waals surface area contributed by atoms with Crippen molar-refractivity contribution in [3.8, 4) is 5.75 Å². The molecule has 31 heavy (non-hydrogen) atoms. The van der Waals surface area contributed by atoms with E-state index in [0.717, 1.165) is 34.9 Å². The fourth-order valence-corrected chi connectivity index (χ4v) is 5.27. The zero-order valence-corrected chi connectivity index (χ0v) is 18.6. The summed E-state index contributed by atoms with van der Waals surface area (Å²) in [5.41, 5.74) is 0.946. The van der Waals surface area contributed by atoms with Crippen LogP contribution in [0.2, 0.25) is 0 Å². The van der Waals surface area contributed by atoms with Gasteiger partial charge in [-0.2, -0.15) is 0 Å². The lowest BCUT2D eigenvalue weighted by Crippen LogP contribution is -2.22. The number of carbonyl (C=O) groups excluding carboxylic acids is 2. The number of pyridine rings is 1. The van der Waals surface area contributed by atoms with Gasteiger partial charge in [-0.15, -0.1) is 0 Å². The number of thiazole rings is 1. The van der Waals surface area contributed by atoms with Crippen molar-refractivity contribution >= 4 is 45.7 Å². The van der Waals surface area contributed by atoms with Crippen molar-refractivity contribution in [3.63, 3.8) is 0 Å². The van der Waals surface area contributed by atoms with Crippen molar-refractivity contribution in [2.75, 3.05) is 17.7 Å². The van der Waals surface area contributed by atoms with E-state index < -0.39 is 6.03 Å². The van der Waals surface area contributed by atoms with Crippen molar-refractivity contribution in [2.45, 2.75) is 34.9 Å². The highest BCUT2D eigenvalue weighted by molar-refractivity contribution is 8.01. The van der Waals surface area contributed by atoms with Gasteiger partial charge < -0.3 is 10.1 Å². The summed E-state index contributed by atoms with van der Waals surface area (Å²) in [6.07, 6.45) is 7.32. The standard InChI is InChI=1S/C22H22N4O3S2/c1-29-15-9-10-17(16(12-15)20(27)14-6-2-3-7-14)25-21(28)26-22-24-13-19(31-22)30-18-8-4-5-11-23-18/h4-5,8-14H,2-3,6-7H2,1H3,(H2,24,25,26,28). The highest BCUT2D eigenvalue weighted by atomic mass is 32.2. The normalized spacial score (nSPS) is 13.7. The summed E-state index contributed by atoms with van der Waals surface area (Å²) >= 11 is 2.84. The minimum Gasteiger partial charge on any atom is -0.497 e. The second-order valence-corrected chi connectivity index (χ2v) is 9.44. The molecular weight excluding hydrogens is 432 g/mol. The molecule has 1 aromatic carbocycles. The molecule has 4 rings (SSSR count). The second kappa shape index (κ2) is 9.93. The van der Waals surface area contributed by atoms with Crippen molar-refractivity contribution in [1.29, 1.82) is 0 Å². The molecule has 1 saturated carbocycles. The number of amides is 2. The molecule has 0 radical (unpaired) electrons. The molecule has 0 unspecified atom stereocenters. The van der Waals surface area contributed by atoms with Crippen LogP contribution in [0.5, 0.6) is 5.75 Å². The van der Waals surface area contributed by atoms with Crippen LogP contribution < -0.4 is 15.4 Å². The van der Waals surface area contributed by atoms with Crippen LogP contribution in [0.15, 0.2) is 58.0 Å². The van der Waals surface area contributed by atoms with Crippen LogP contribution in [0, 0.1) is 5.92 Å². The Kier molecular flexibility index (Phi) is 6.83. The van der Waals surface area contributed by atoms with Gasteiger partial charge in [0, 0.05) is 17.7 Å². The molecule has 3 aromatic rings. The average molecular weight is 455 g/mol. The Balaban J connectivity index is 1.44. The predicted octanol–water partition coefficient (Wildman–Crippen LogP) is 5.71. The zero-order valence-electron chi connectivity index (χ0n) is 17.0. The molecule has 2 N–H and O–H groups in total. The minimum absolute atomic E-state index is 0.000795. The lowest BCUT2D eigenvalue weighted by atomic mass is 9.95. The Morgan fingerprint density at radius 2 is 1.97 bits per heavy atom. The summed E-state index contributed by atoms with van der Waals surface area (Å²) < 4.78 is 6.19. The average Bonchev–Trinajstić information content (AvgIpc) is 3.47. The molecule has 0 saturated heterocycles. The smallest absolute Gasteiger partial charge is 0.325 e. The number of nitrogens with one attached hydrogen (secondary N) is 2. The SMILES string of the molecule is COc1ccc(NC(=O)Nc2ncc(Sc3ccccn3)s2)c(C(=O)C2CCCC2)c1. The Bertz CT molecular complexity index is 1070. The van der Waals surface area contributed by atoms with Crippen molar-refractivity contribution in [3.05, 3.63) is 54.4 Å². The summed E-state index contributed by atoms with van der Waals surface area (Å²) in [5.74, 6) is 0.638. The number of hydrogen-bond donors (Lipinski definition) is 2. The van der Waals surface area contributed by atoms with Gasteiger partial charge in [-0.1, -0.05) is 42.0 Å². The van der Waals surface area contributed by atoms with Gasteiger partial charge in [-0.25, -0.2) is 14.8 Å². The van der Waals surface area contributed by atoms with E-state index in [1.807, 2.05) is 18.2 Å². The molecule has 1 aliphatic carbocycles. The lowest BCUT2D eigenvalue weighted by Gasteiger charge is -2.15. The highest BCUT2D eigenvalue weighted by Gasteiger charge is 2.26. The van der Waals surface area contributed by atoms with E-state index in [-0.39, 0.29) is 11.7 Å². The summed E-state index contributed by atoms with van der Waals surface area (Å²) in [7, 11) is 1.56. The monoisotopic (exact) mass is 454 g/mol. The van der Waals surface area contributed by atoms with Crippen LogP contribution >= 0.6 is 23.1 Å². The van der Waals surface area contributed by atoms with Crippen LogP contribution in [0.25, 0.3) is 0 Å². The summed E-state index contributed by atoms with van der Waals surface area (Å²) in [6, 6.07) is 10.4. The molecule has 9 heteroatoms. The maximum atomic E-state index is 13.0. The molecule has 0 spiro atoms. The number of ether oxygens (including phenoxy) is 1. The Morgan fingerprint density at radius 1 is 1.13 bits per heavy atom. The van der Waals surface area contributed by atoms with Gasteiger partial charge >= 0.3 is 6.03 Å². The molecule has 0 bridgehead atoms. The first-order chi connectivity index (χ1) is 15.1. The van der Waals surface area contributed by atoms with Crippen LogP contribution in [-0.4, -0.2) is 28.9 Å². The van der Waals surface area contributed by atoms with Crippen molar-refractivity contribution in [1.82, 2.24) is 9.97 Å². The van der Waals surface area contributed by atoms with E-state index in [1.165, 1.54) is 23.1 Å². The topological polar surface area (TPSA) is 93.2 Å². The number of nitrogens with zero attached hydrogens (tertiary/aromatic N) is 2. The molecule has 1 fully saturated rings. The van der Waals surface area contributed by atoms with Crippen LogP contribution in [0.4, 0.5) is 15.6 Å². The maximum Gasteiger partial charge on any atom is 0.325 e. The molecule has 0 aliphatic heterocycles. The number of aromatic nitrogens is 2. The van der Waals surface area contributed by atoms with Gasteiger partial charge in [0.15, 0.2) is 10.9 Å². The van der Waals surface area contributed by atoms with Gasteiger partial charge in [0.1, 0.15) is 10.8 Å². The number of methoxy groups -OCH3 is 1. The van der Waals surface area contributed by atoms with Gasteiger partial charge in [0.05, 0.1) is 23.2 Å². The van der Waals surface area contributed by atoms with E-state index in [4.69, 9.17) is 4.74 Å². The quantitative estimate of drug-likeness (QED) is 0.444. The number of carbonyl (C=O) groups is 2. The predicted molar refractivity (Wildman–Crippen MR) is 122 cm³/mol. The molecule has 2 heterocycles. The Labute approximate surface area is 188 Å². The molecule has 160 valence electrons. The maximum absolute atomic E-state index is 13.0. The third-order valence-electron chi connectivity index (χ3n) is 5.01. The first-order valence-corrected chi connectivity index (χ1v) is 11.6. The van der Waals surface area contributed by atoms with E-state index >= 15 is 0 Å². The number of rotatable bonds is 7. The number of anilines is 2. The van der Waals surface area contributed by atoms with Crippen molar-refractivity contribution in [2.24, 2.45) is 5.92 Å². The van der Waals surface area contributed by atoms with Crippen LogP contribution in [-0.2, 0) is 0 Å². The Hall–Kier alpha value is -2.91. The fourth-order valence-electron chi connectivity index (χ4n) is 3.50.